The van der Waals surface area contributed by atoms with Gasteiger partial charge in [0.1, 0.15) is 5.69 Å². The Labute approximate surface area is 126 Å². The summed E-state index contributed by atoms with van der Waals surface area (Å²) in [5, 5.41) is 2.63. The van der Waals surface area contributed by atoms with Gasteiger partial charge in [-0.1, -0.05) is 11.6 Å². The van der Waals surface area contributed by atoms with E-state index in [4.69, 9.17) is 11.6 Å². The average molecular weight is 311 g/mol. The highest BCUT2D eigenvalue weighted by molar-refractivity contribution is 7.07. The number of nitrogens with zero attached hydrogens (tertiary/aromatic N) is 3. The smallest absolute Gasteiger partial charge is 0.270 e. The van der Waals surface area contributed by atoms with Crippen LogP contribution in [-0.4, -0.2) is 51.9 Å². The van der Waals surface area contributed by atoms with Crippen LogP contribution in [0.2, 0.25) is 5.02 Å². The third kappa shape index (κ3) is 3.03. The van der Waals surface area contributed by atoms with Crippen LogP contribution in [0, 0.1) is 0 Å². The Kier molecular flexibility index (Phi) is 4.05. The molecule has 3 heterocycles. The normalized spacial score (nSPS) is 16.6. The van der Waals surface area contributed by atoms with Gasteiger partial charge in [-0.05, 0) is 6.07 Å². The molecule has 0 bridgehead atoms. The number of hydrogen-bond acceptors (Lipinski definition) is 4. The third-order valence-corrected chi connectivity index (χ3v) is 4.26. The van der Waals surface area contributed by atoms with Crippen LogP contribution in [0.15, 0.2) is 23.2 Å². The fourth-order valence-electron chi connectivity index (χ4n) is 2.32. The number of thiazole rings is 1. The Bertz CT molecular complexity index is 575. The van der Waals surface area contributed by atoms with E-state index in [1.54, 1.807) is 23.6 Å². The van der Waals surface area contributed by atoms with Crippen molar-refractivity contribution in [1.82, 2.24) is 19.8 Å². The molecule has 20 heavy (non-hydrogen) atoms. The molecule has 1 fully saturated rings. The number of aromatic nitrogens is 2. The topological polar surface area (TPSA) is 52.2 Å². The molecule has 0 unspecified atom stereocenters. The first-order chi connectivity index (χ1) is 9.72. The first-order valence-electron chi connectivity index (χ1n) is 6.45. The van der Waals surface area contributed by atoms with Crippen LogP contribution in [0.25, 0.3) is 0 Å². The summed E-state index contributed by atoms with van der Waals surface area (Å²) in [7, 11) is 0. The molecule has 0 aromatic carbocycles. The molecule has 0 saturated carbocycles. The number of piperazine rings is 1. The molecule has 2 aromatic rings. The van der Waals surface area contributed by atoms with Gasteiger partial charge in [-0.2, -0.15) is 0 Å². The fourth-order valence-corrected chi connectivity index (χ4v) is 3.03. The number of carbonyl (C=O) groups is 1. The second-order valence-electron chi connectivity index (χ2n) is 4.78. The zero-order chi connectivity index (χ0) is 13.9. The van der Waals surface area contributed by atoms with Crippen molar-refractivity contribution in [2.75, 3.05) is 26.2 Å². The Morgan fingerprint density at radius 2 is 2.20 bits per heavy atom. The maximum Gasteiger partial charge on any atom is 0.270 e. The van der Waals surface area contributed by atoms with E-state index in [2.05, 4.69) is 20.2 Å². The minimum atomic E-state index is 0.0187. The number of halogens is 1. The monoisotopic (exact) mass is 310 g/mol. The zero-order valence-corrected chi connectivity index (χ0v) is 12.5. The second kappa shape index (κ2) is 5.95. The van der Waals surface area contributed by atoms with E-state index >= 15 is 0 Å². The van der Waals surface area contributed by atoms with Crippen LogP contribution < -0.4 is 0 Å². The van der Waals surface area contributed by atoms with Gasteiger partial charge in [0.2, 0.25) is 0 Å². The maximum absolute atomic E-state index is 12.2. The van der Waals surface area contributed by atoms with Crippen molar-refractivity contribution in [3.8, 4) is 0 Å². The molecule has 1 N–H and O–H groups in total. The lowest BCUT2D eigenvalue weighted by atomic mass is 10.2. The van der Waals surface area contributed by atoms with Gasteiger partial charge in [-0.15, -0.1) is 11.3 Å². The fraction of sp³-hybridized carbons (Fsp3) is 0.385. The summed E-state index contributed by atoms with van der Waals surface area (Å²) in [6.07, 6.45) is 1.63. The lowest BCUT2D eigenvalue weighted by Crippen LogP contribution is -2.48. The zero-order valence-electron chi connectivity index (χ0n) is 10.9. The van der Waals surface area contributed by atoms with Crippen molar-refractivity contribution < 1.29 is 4.79 Å². The predicted octanol–water partition coefficient (Wildman–Crippen LogP) is 2.08. The van der Waals surface area contributed by atoms with Gasteiger partial charge in [0.25, 0.3) is 5.91 Å². The lowest BCUT2D eigenvalue weighted by Gasteiger charge is -2.34. The van der Waals surface area contributed by atoms with Crippen LogP contribution in [0.4, 0.5) is 0 Å². The summed E-state index contributed by atoms with van der Waals surface area (Å²) in [6.45, 7) is 4.08. The van der Waals surface area contributed by atoms with E-state index in [1.165, 1.54) is 0 Å². The summed E-state index contributed by atoms with van der Waals surface area (Å²) < 4.78 is 0. The molecule has 1 amide bonds. The van der Waals surface area contributed by atoms with Gasteiger partial charge in [0.15, 0.2) is 0 Å². The van der Waals surface area contributed by atoms with Crippen LogP contribution in [0.3, 0.4) is 0 Å². The van der Waals surface area contributed by atoms with E-state index in [-0.39, 0.29) is 5.91 Å². The minimum absolute atomic E-state index is 0.0187. The van der Waals surface area contributed by atoms with Gasteiger partial charge >= 0.3 is 0 Å². The molecule has 0 aliphatic carbocycles. The minimum Gasteiger partial charge on any atom is -0.356 e. The van der Waals surface area contributed by atoms with Crippen LogP contribution in [-0.2, 0) is 6.54 Å². The first kappa shape index (κ1) is 13.6. The predicted molar refractivity (Wildman–Crippen MR) is 79.1 cm³/mol. The van der Waals surface area contributed by atoms with Crippen molar-refractivity contribution in [3.63, 3.8) is 0 Å². The Morgan fingerprint density at radius 1 is 1.40 bits per heavy atom. The quantitative estimate of drug-likeness (QED) is 0.944. The second-order valence-corrected chi connectivity index (χ2v) is 5.93. The molecule has 0 atom stereocenters. The summed E-state index contributed by atoms with van der Waals surface area (Å²) in [5.74, 6) is 0.0187. The highest BCUT2D eigenvalue weighted by Gasteiger charge is 2.23. The van der Waals surface area contributed by atoms with Crippen LogP contribution >= 0.6 is 22.9 Å². The molecule has 106 valence electrons. The first-order valence-corrected chi connectivity index (χ1v) is 7.77. The molecule has 3 rings (SSSR count). The number of carbonyl (C=O) groups excluding carboxylic acids is 1. The summed E-state index contributed by atoms with van der Waals surface area (Å²) in [4.78, 5) is 23.6. The van der Waals surface area contributed by atoms with E-state index in [9.17, 15) is 4.79 Å². The average Bonchev–Trinajstić information content (AvgIpc) is 3.10. The molecule has 5 nitrogen and oxygen atoms in total. The molecule has 1 aliphatic heterocycles. The lowest BCUT2D eigenvalue weighted by molar-refractivity contribution is 0.0622. The van der Waals surface area contributed by atoms with E-state index < -0.39 is 0 Å². The molecule has 1 saturated heterocycles. The number of aromatic amines is 1. The molecule has 0 radical (unpaired) electrons. The number of H-pyrrole nitrogens is 1. The van der Waals surface area contributed by atoms with Crippen molar-refractivity contribution in [3.05, 3.63) is 39.6 Å². The number of rotatable bonds is 3. The SMILES string of the molecule is O=C(c1cc(Cl)c[nH]1)N1CCN(Cc2cscn2)CC1. The van der Waals surface area contributed by atoms with Crippen molar-refractivity contribution in [1.29, 1.82) is 0 Å². The van der Waals surface area contributed by atoms with E-state index in [0.29, 0.717) is 10.7 Å². The van der Waals surface area contributed by atoms with Gasteiger partial charge in [0.05, 0.1) is 16.2 Å². The molecule has 2 aromatic heterocycles. The van der Waals surface area contributed by atoms with E-state index in [0.717, 1.165) is 38.4 Å². The largest absolute Gasteiger partial charge is 0.356 e. The van der Waals surface area contributed by atoms with Crippen LogP contribution in [0.5, 0.6) is 0 Å². The van der Waals surface area contributed by atoms with Crippen molar-refractivity contribution in [2.24, 2.45) is 0 Å². The van der Waals surface area contributed by atoms with Gasteiger partial charge in [0, 0.05) is 44.3 Å². The Morgan fingerprint density at radius 3 is 2.80 bits per heavy atom. The molecule has 1 aliphatic rings. The van der Waals surface area contributed by atoms with Gasteiger partial charge < -0.3 is 9.88 Å². The van der Waals surface area contributed by atoms with Crippen LogP contribution in [0.1, 0.15) is 16.2 Å². The Hall–Kier alpha value is -1.37. The highest BCUT2D eigenvalue weighted by atomic mass is 35.5. The molecule has 7 heteroatoms. The van der Waals surface area contributed by atoms with Crippen molar-refractivity contribution in [2.45, 2.75) is 6.54 Å². The molecular weight excluding hydrogens is 296 g/mol. The maximum atomic E-state index is 12.2. The number of hydrogen-bond donors (Lipinski definition) is 1. The van der Waals surface area contributed by atoms with Gasteiger partial charge in [-0.3, -0.25) is 9.69 Å². The van der Waals surface area contributed by atoms with Gasteiger partial charge in [-0.25, -0.2) is 4.98 Å². The summed E-state index contributed by atoms with van der Waals surface area (Å²) >= 11 is 7.44. The summed E-state index contributed by atoms with van der Waals surface area (Å²) in [5.41, 5.74) is 3.51. The highest BCUT2D eigenvalue weighted by Crippen LogP contribution is 2.14. The van der Waals surface area contributed by atoms with Crippen molar-refractivity contribution >= 4 is 28.8 Å². The number of nitrogens with one attached hydrogen (secondary N) is 1. The Balaban J connectivity index is 1.54. The van der Waals surface area contributed by atoms with E-state index in [1.807, 2.05) is 10.4 Å². The molecular formula is C13H15ClN4OS. The standard InChI is InChI=1S/C13H15ClN4OS/c14-10-5-12(15-6-10)13(19)18-3-1-17(2-4-18)7-11-8-20-9-16-11/h5-6,8-9,15H,1-4,7H2. The third-order valence-electron chi connectivity index (χ3n) is 3.41. The number of amides is 1. The summed E-state index contributed by atoms with van der Waals surface area (Å²) in [6, 6.07) is 1.67. The molecule has 0 spiro atoms.